The molecule has 2 aromatic rings. The molecule has 2 aliphatic rings. The van der Waals surface area contributed by atoms with Crippen LogP contribution >= 0.6 is 35.3 Å². The topological polar surface area (TPSA) is 49.4 Å². The van der Waals surface area contributed by atoms with Crippen molar-refractivity contribution in [3.8, 4) is 0 Å². The van der Waals surface area contributed by atoms with Crippen molar-refractivity contribution >= 4 is 52.8 Å². The third kappa shape index (κ3) is 6.06. The van der Waals surface area contributed by atoms with E-state index in [0.717, 1.165) is 23.4 Å². The van der Waals surface area contributed by atoms with E-state index in [1.807, 2.05) is 71.9 Å². The first-order chi connectivity index (χ1) is 15.6. The van der Waals surface area contributed by atoms with Crippen molar-refractivity contribution in [3.63, 3.8) is 0 Å². The van der Waals surface area contributed by atoms with Crippen LogP contribution in [0.4, 0.5) is 5.69 Å². The largest absolute Gasteiger partial charge is 0.342 e. The monoisotopic (exact) mass is 486 g/mol. The van der Waals surface area contributed by atoms with Crippen molar-refractivity contribution in [2.75, 3.05) is 29.6 Å². The Kier molecular flexibility index (Phi) is 8.49. The summed E-state index contributed by atoms with van der Waals surface area (Å²) in [4.78, 5) is 28.6. The molecular formula is C25H30N2O2S3. The number of nitrogens with zero attached hydrogens (tertiary/aromatic N) is 1. The molecule has 1 aliphatic heterocycles. The lowest BCUT2D eigenvalue weighted by molar-refractivity contribution is -0.129. The first-order valence-electron chi connectivity index (χ1n) is 11.2. The van der Waals surface area contributed by atoms with Gasteiger partial charge < -0.3 is 10.2 Å². The predicted octanol–water partition coefficient (Wildman–Crippen LogP) is 6.30. The summed E-state index contributed by atoms with van der Waals surface area (Å²) >= 11 is 5.36. The molecule has 2 fully saturated rings. The van der Waals surface area contributed by atoms with Gasteiger partial charge in [0.2, 0.25) is 5.91 Å². The maximum absolute atomic E-state index is 13.1. The van der Waals surface area contributed by atoms with Gasteiger partial charge in [-0.25, -0.2) is 0 Å². The normalized spacial score (nSPS) is 17.3. The van der Waals surface area contributed by atoms with E-state index in [1.54, 1.807) is 0 Å². The Labute approximate surface area is 203 Å². The second-order valence-electron chi connectivity index (χ2n) is 8.23. The van der Waals surface area contributed by atoms with Gasteiger partial charge >= 0.3 is 0 Å². The van der Waals surface area contributed by atoms with Crippen LogP contribution in [0.3, 0.4) is 0 Å². The molecular weight excluding hydrogens is 456 g/mol. The summed E-state index contributed by atoms with van der Waals surface area (Å²) in [5, 5.41) is 3.06. The van der Waals surface area contributed by atoms with Gasteiger partial charge in [0, 0.05) is 35.2 Å². The summed E-state index contributed by atoms with van der Waals surface area (Å²) in [5.41, 5.74) is 2.67. The van der Waals surface area contributed by atoms with Gasteiger partial charge in [-0.2, -0.15) is 0 Å². The average Bonchev–Trinajstić information content (AvgIpc) is 3.38. The fourth-order valence-electron chi connectivity index (χ4n) is 4.21. The highest BCUT2D eigenvalue weighted by Gasteiger charge is 2.23. The number of nitrogens with one attached hydrogen (secondary N) is 1. The van der Waals surface area contributed by atoms with Crippen LogP contribution in [0.25, 0.3) is 0 Å². The van der Waals surface area contributed by atoms with Crippen LogP contribution < -0.4 is 5.32 Å². The number of anilines is 1. The van der Waals surface area contributed by atoms with E-state index < -0.39 is 0 Å². The van der Waals surface area contributed by atoms with Gasteiger partial charge in [0.25, 0.3) is 5.91 Å². The molecule has 1 aliphatic carbocycles. The number of hydrogen-bond donors (Lipinski definition) is 1. The molecule has 32 heavy (non-hydrogen) atoms. The molecule has 4 nitrogen and oxygen atoms in total. The number of carbonyl (C=O) groups is 2. The molecule has 7 heteroatoms. The van der Waals surface area contributed by atoms with Crippen molar-refractivity contribution in [1.82, 2.24) is 4.90 Å². The number of rotatable bonds is 7. The first kappa shape index (κ1) is 23.6. The molecule has 4 rings (SSSR count). The molecule has 0 unspecified atom stereocenters. The molecule has 1 heterocycles. The van der Waals surface area contributed by atoms with Crippen LogP contribution in [0, 0.1) is 0 Å². The van der Waals surface area contributed by atoms with Gasteiger partial charge in [0.15, 0.2) is 0 Å². The van der Waals surface area contributed by atoms with E-state index in [1.165, 1.54) is 48.1 Å². The molecule has 0 atom stereocenters. The molecule has 2 aromatic carbocycles. The van der Waals surface area contributed by atoms with E-state index >= 15 is 0 Å². The summed E-state index contributed by atoms with van der Waals surface area (Å²) in [6.45, 7) is 0. The highest BCUT2D eigenvalue weighted by atomic mass is 32.2. The third-order valence-corrected chi connectivity index (χ3v) is 10.2. The molecule has 0 bridgehead atoms. The van der Waals surface area contributed by atoms with Crippen LogP contribution in [0.1, 0.15) is 52.6 Å². The standard InChI is InChI=1S/C25H30N2O2S3/c1-27(20-10-3-2-4-11-20)23(28)17-32-22-13-6-5-12-21(22)24(29)26-19-9-7-8-18(16-19)25-30-14-15-31-25/h5-9,12-13,16,20,25H,2-4,10-11,14-15,17H2,1H3,(H,26,29). The fraction of sp³-hybridized carbons (Fsp3) is 0.440. The highest BCUT2D eigenvalue weighted by Crippen LogP contribution is 2.45. The van der Waals surface area contributed by atoms with E-state index in [2.05, 4.69) is 17.4 Å². The molecule has 0 radical (unpaired) electrons. The number of hydrogen-bond acceptors (Lipinski definition) is 5. The summed E-state index contributed by atoms with van der Waals surface area (Å²) < 4.78 is 0.446. The zero-order valence-corrected chi connectivity index (χ0v) is 20.9. The smallest absolute Gasteiger partial charge is 0.256 e. The lowest BCUT2D eigenvalue weighted by Gasteiger charge is -2.31. The van der Waals surface area contributed by atoms with Crippen LogP contribution in [0.5, 0.6) is 0 Å². The Bertz CT molecular complexity index is 940. The minimum atomic E-state index is -0.134. The Morgan fingerprint density at radius 3 is 2.56 bits per heavy atom. The number of benzene rings is 2. The van der Waals surface area contributed by atoms with Gasteiger partial charge in [-0.1, -0.05) is 43.5 Å². The number of carbonyl (C=O) groups excluding carboxylic acids is 2. The van der Waals surface area contributed by atoms with Crippen molar-refractivity contribution < 1.29 is 9.59 Å². The van der Waals surface area contributed by atoms with Gasteiger partial charge in [-0.05, 0) is 42.7 Å². The van der Waals surface area contributed by atoms with Gasteiger partial charge in [-0.3, -0.25) is 9.59 Å². The minimum absolute atomic E-state index is 0.134. The first-order valence-corrected chi connectivity index (χ1v) is 14.3. The zero-order valence-electron chi connectivity index (χ0n) is 18.4. The fourth-order valence-corrected chi connectivity index (χ4v) is 8.02. The van der Waals surface area contributed by atoms with Crippen LogP contribution in [0.15, 0.2) is 53.4 Å². The Morgan fingerprint density at radius 1 is 1.03 bits per heavy atom. The summed E-state index contributed by atoms with van der Waals surface area (Å²) in [6.07, 6.45) is 5.89. The summed E-state index contributed by atoms with van der Waals surface area (Å²) in [5.74, 6) is 2.70. The molecule has 1 saturated carbocycles. The van der Waals surface area contributed by atoms with Gasteiger partial charge in [0.05, 0.1) is 15.9 Å². The molecule has 0 spiro atoms. The quantitative estimate of drug-likeness (QED) is 0.465. The van der Waals surface area contributed by atoms with E-state index in [4.69, 9.17) is 0 Å². The van der Waals surface area contributed by atoms with Crippen LogP contribution in [-0.2, 0) is 4.79 Å². The maximum Gasteiger partial charge on any atom is 0.256 e. The second kappa shape index (κ2) is 11.5. The maximum atomic E-state index is 13.1. The SMILES string of the molecule is CN(C(=O)CSc1ccccc1C(=O)Nc1cccc(C2SCCS2)c1)C1CCCCC1. The van der Waals surface area contributed by atoms with Gasteiger partial charge in [-0.15, -0.1) is 35.3 Å². The number of amides is 2. The van der Waals surface area contributed by atoms with Crippen molar-refractivity contribution in [2.45, 2.75) is 47.6 Å². The number of thioether (sulfide) groups is 3. The van der Waals surface area contributed by atoms with E-state index in [9.17, 15) is 9.59 Å². The molecule has 2 amide bonds. The average molecular weight is 487 g/mol. The highest BCUT2D eigenvalue weighted by molar-refractivity contribution is 8.19. The van der Waals surface area contributed by atoms with Gasteiger partial charge in [0.1, 0.15) is 0 Å². The lowest BCUT2D eigenvalue weighted by atomic mass is 9.94. The Balaban J connectivity index is 1.39. The van der Waals surface area contributed by atoms with Crippen molar-refractivity contribution in [1.29, 1.82) is 0 Å². The van der Waals surface area contributed by atoms with Crippen LogP contribution in [0.2, 0.25) is 0 Å². The second-order valence-corrected chi connectivity index (χ2v) is 12.0. The summed E-state index contributed by atoms with van der Waals surface area (Å²) in [6, 6.07) is 16.1. The molecule has 0 aromatic heterocycles. The van der Waals surface area contributed by atoms with Crippen molar-refractivity contribution in [3.05, 3.63) is 59.7 Å². The molecule has 1 saturated heterocycles. The summed E-state index contributed by atoms with van der Waals surface area (Å²) in [7, 11) is 1.92. The minimum Gasteiger partial charge on any atom is -0.342 e. The van der Waals surface area contributed by atoms with Crippen LogP contribution in [-0.4, -0.2) is 47.1 Å². The third-order valence-electron chi connectivity index (χ3n) is 6.04. The zero-order chi connectivity index (χ0) is 22.3. The molecule has 170 valence electrons. The Morgan fingerprint density at radius 2 is 1.78 bits per heavy atom. The Hall–Kier alpha value is -1.57. The van der Waals surface area contributed by atoms with E-state index in [0.29, 0.717) is 21.9 Å². The predicted molar refractivity (Wildman–Crippen MR) is 139 cm³/mol. The van der Waals surface area contributed by atoms with E-state index in [-0.39, 0.29) is 11.8 Å². The van der Waals surface area contributed by atoms with Crippen molar-refractivity contribution in [2.24, 2.45) is 0 Å². The lowest BCUT2D eigenvalue weighted by Crippen LogP contribution is -2.39. The molecule has 1 N–H and O–H groups in total.